The van der Waals surface area contributed by atoms with Crippen LogP contribution in [0, 0.1) is 19.6 Å². The summed E-state index contributed by atoms with van der Waals surface area (Å²) in [5.74, 6) is 0. The zero-order valence-corrected chi connectivity index (χ0v) is 17.4. The first-order chi connectivity index (χ1) is 11.4. The van der Waals surface area contributed by atoms with Crippen molar-refractivity contribution >= 4 is 5.69 Å². The molecule has 0 amide bonds. The van der Waals surface area contributed by atoms with Gasteiger partial charge in [-0.25, -0.2) is 24.3 Å². The van der Waals surface area contributed by atoms with E-state index < -0.39 is 0 Å². The van der Waals surface area contributed by atoms with Gasteiger partial charge in [0, 0.05) is 5.69 Å². The largest absolute Gasteiger partial charge is 1.00 e. The molecule has 1 atom stereocenters. The fourth-order valence-electron chi connectivity index (χ4n) is 2.10. The van der Waals surface area contributed by atoms with Gasteiger partial charge >= 0.3 is 29.6 Å². The maximum atomic E-state index is 3.42. The minimum absolute atomic E-state index is 0. The van der Waals surface area contributed by atoms with Crippen molar-refractivity contribution in [2.24, 2.45) is 0 Å². The van der Waals surface area contributed by atoms with E-state index in [0.29, 0.717) is 6.04 Å². The Balaban J connectivity index is 0.000000440. The van der Waals surface area contributed by atoms with Gasteiger partial charge in [0.15, 0.2) is 0 Å². The van der Waals surface area contributed by atoms with Crippen LogP contribution in [0.15, 0.2) is 91.1 Å². The van der Waals surface area contributed by atoms with Crippen LogP contribution in [0.5, 0.6) is 0 Å². The summed E-state index contributed by atoms with van der Waals surface area (Å²) in [6.45, 7) is 0. The first-order valence-electron chi connectivity index (χ1n) is 8.04. The summed E-state index contributed by atoms with van der Waals surface area (Å²) in [5, 5.41) is 3.42. The third-order valence-corrected chi connectivity index (χ3v) is 3.28. The van der Waals surface area contributed by atoms with Crippen LogP contribution in [0.3, 0.4) is 0 Å². The van der Waals surface area contributed by atoms with E-state index in [1.807, 2.05) is 36.4 Å². The van der Waals surface area contributed by atoms with Crippen molar-refractivity contribution in [1.29, 1.82) is 0 Å². The van der Waals surface area contributed by atoms with Crippen molar-refractivity contribution in [2.75, 3.05) is 5.32 Å². The molecule has 2 aliphatic carbocycles. The van der Waals surface area contributed by atoms with Crippen LogP contribution in [0.1, 0.15) is 19.3 Å². The molecule has 25 heavy (non-hydrogen) atoms. The molecule has 0 aliphatic heterocycles. The molecular weight excluding hydrogens is 313 g/mol. The number of allylic oxidation sites excluding steroid dienone is 10. The Morgan fingerprint density at radius 1 is 0.960 bits per heavy atom. The monoisotopic (exact) mass is 339 g/mol. The van der Waals surface area contributed by atoms with E-state index in [1.165, 1.54) is 5.69 Å². The number of hydrogen-bond acceptors (Lipinski definition) is 1. The maximum Gasteiger partial charge on any atom is 1.00 e. The zero-order chi connectivity index (χ0) is 16.0. The molecule has 1 N–H and O–H groups in total. The Hall–Kier alpha value is -1.54. The van der Waals surface area contributed by atoms with E-state index in [1.54, 1.807) is 0 Å². The maximum absolute atomic E-state index is 3.42. The predicted octanol–water partition coefficient (Wildman–Crippen LogP) is 3.05. The SMILES string of the molecule is [C-]1=C/C=C\C/C=C\C=C/C1.[C-]1=CCC(Nc2ccccc2)C=C1.[CH3-].[Na+]. The molecule has 0 fully saturated rings. The van der Waals surface area contributed by atoms with Gasteiger partial charge in [0.05, 0.1) is 0 Å². The molecule has 2 heteroatoms. The Bertz CT molecular complexity index is 564. The van der Waals surface area contributed by atoms with Gasteiger partial charge in [-0.15, -0.1) is 0 Å². The number of nitrogens with one attached hydrogen (secondary N) is 1. The summed E-state index contributed by atoms with van der Waals surface area (Å²) in [6, 6.07) is 10.7. The molecule has 3 rings (SSSR count). The Kier molecular flexibility index (Phi) is 15.0. The van der Waals surface area contributed by atoms with E-state index >= 15 is 0 Å². The van der Waals surface area contributed by atoms with Crippen molar-refractivity contribution in [3.05, 3.63) is 111 Å². The molecular formula is C23H26NNa-2. The molecule has 0 aromatic heterocycles. The van der Waals surface area contributed by atoms with E-state index in [-0.39, 0.29) is 37.0 Å². The molecule has 0 radical (unpaired) electrons. The summed E-state index contributed by atoms with van der Waals surface area (Å²) in [7, 11) is 0. The summed E-state index contributed by atoms with van der Waals surface area (Å²) >= 11 is 0. The number of para-hydroxylation sites is 1. The molecule has 1 aromatic carbocycles. The summed E-state index contributed by atoms with van der Waals surface area (Å²) in [6.07, 6.45) is 29.7. The van der Waals surface area contributed by atoms with Crippen LogP contribution < -0.4 is 34.9 Å². The fourth-order valence-corrected chi connectivity index (χ4v) is 2.10. The second-order valence-electron chi connectivity index (χ2n) is 5.18. The van der Waals surface area contributed by atoms with Gasteiger partial charge in [-0.2, -0.15) is 12.2 Å². The van der Waals surface area contributed by atoms with Crippen LogP contribution >= 0.6 is 0 Å². The topological polar surface area (TPSA) is 12.0 Å². The minimum Gasteiger partial charge on any atom is -0.395 e. The molecule has 0 saturated heterocycles. The summed E-state index contributed by atoms with van der Waals surface area (Å²) < 4.78 is 0. The molecule has 126 valence electrons. The average Bonchev–Trinajstić information content (AvgIpc) is 2.62. The van der Waals surface area contributed by atoms with Gasteiger partial charge in [-0.3, -0.25) is 12.2 Å². The fraction of sp³-hybridized carbons (Fsp3) is 0.174. The van der Waals surface area contributed by atoms with Crippen LogP contribution in [0.2, 0.25) is 0 Å². The van der Waals surface area contributed by atoms with E-state index in [2.05, 4.69) is 72.1 Å². The van der Waals surface area contributed by atoms with Crippen LogP contribution in [0.4, 0.5) is 5.69 Å². The Morgan fingerprint density at radius 3 is 2.48 bits per heavy atom. The predicted molar refractivity (Wildman–Crippen MR) is 106 cm³/mol. The van der Waals surface area contributed by atoms with Crippen LogP contribution in [-0.2, 0) is 0 Å². The number of hydrogen-bond donors (Lipinski definition) is 1. The molecule has 2 aliphatic rings. The smallest absolute Gasteiger partial charge is 0.395 e. The molecule has 0 saturated carbocycles. The molecule has 0 bridgehead atoms. The average molecular weight is 339 g/mol. The van der Waals surface area contributed by atoms with Crippen LogP contribution in [0.25, 0.3) is 0 Å². The molecule has 0 spiro atoms. The molecule has 1 nitrogen and oxygen atoms in total. The number of rotatable bonds is 2. The van der Waals surface area contributed by atoms with Crippen molar-refractivity contribution in [1.82, 2.24) is 0 Å². The van der Waals surface area contributed by atoms with Crippen molar-refractivity contribution < 1.29 is 29.6 Å². The van der Waals surface area contributed by atoms with E-state index in [9.17, 15) is 0 Å². The van der Waals surface area contributed by atoms with Crippen molar-refractivity contribution in [2.45, 2.75) is 25.3 Å². The zero-order valence-electron chi connectivity index (χ0n) is 15.4. The van der Waals surface area contributed by atoms with Gasteiger partial charge in [0.1, 0.15) is 0 Å². The van der Waals surface area contributed by atoms with Gasteiger partial charge in [0.25, 0.3) is 0 Å². The first-order valence-corrected chi connectivity index (χ1v) is 8.04. The minimum atomic E-state index is 0. The standard InChI is InChI=1S/C12H12N.C10H11.CH3.Na/c1-3-7-11(8-4-1)13-12-9-5-2-6-10-12;1-2-4-6-8-10-9-7-5-3-1;;/h1,3-9,12-13H,10H2;1-4,7,9-10H,5-6H2;1H3;/q3*-1;+1/b;3-1-,4-2-,9-7-;;. The summed E-state index contributed by atoms with van der Waals surface area (Å²) in [5.41, 5.74) is 1.17. The second kappa shape index (κ2) is 16.0. The third kappa shape index (κ3) is 11.6. The van der Waals surface area contributed by atoms with Gasteiger partial charge in [0.2, 0.25) is 0 Å². The summed E-state index contributed by atoms with van der Waals surface area (Å²) in [4.78, 5) is 0. The number of benzene rings is 1. The molecule has 1 unspecified atom stereocenters. The Labute approximate surface area is 175 Å². The van der Waals surface area contributed by atoms with Crippen LogP contribution in [-0.4, -0.2) is 6.04 Å². The second-order valence-corrected chi connectivity index (χ2v) is 5.18. The number of anilines is 1. The van der Waals surface area contributed by atoms with Crippen molar-refractivity contribution in [3.63, 3.8) is 0 Å². The van der Waals surface area contributed by atoms with Gasteiger partial charge < -0.3 is 12.7 Å². The molecule has 1 aromatic rings. The van der Waals surface area contributed by atoms with E-state index in [4.69, 9.17) is 0 Å². The van der Waals surface area contributed by atoms with Gasteiger partial charge in [-0.05, 0) is 31.0 Å². The van der Waals surface area contributed by atoms with Gasteiger partial charge in [-0.1, -0.05) is 48.9 Å². The Morgan fingerprint density at radius 2 is 1.72 bits per heavy atom. The quantitative estimate of drug-likeness (QED) is 0.645. The van der Waals surface area contributed by atoms with E-state index in [0.717, 1.165) is 19.3 Å². The van der Waals surface area contributed by atoms with Crippen molar-refractivity contribution in [3.8, 4) is 0 Å². The first kappa shape index (κ1) is 23.5. The third-order valence-electron chi connectivity index (χ3n) is 3.28. The molecule has 0 heterocycles. The normalized spacial score (nSPS) is 21.4.